The number of piperazine rings is 2. The second-order valence-electron chi connectivity index (χ2n) is 8.06. The van der Waals surface area contributed by atoms with E-state index >= 15 is 0 Å². The average Bonchev–Trinajstić information content (AvgIpc) is 3.05. The summed E-state index contributed by atoms with van der Waals surface area (Å²) < 4.78 is 1.83. The molecule has 2 amide bonds. The Labute approximate surface area is 165 Å². The van der Waals surface area contributed by atoms with Gasteiger partial charge in [0.15, 0.2) is 0 Å². The van der Waals surface area contributed by atoms with Gasteiger partial charge in [-0.05, 0) is 5.92 Å². The number of hydrogen-bond donors (Lipinski definition) is 1. The molecule has 0 spiro atoms. The van der Waals surface area contributed by atoms with Crippen molar-refractivity contribution in [2.45, 2.75) is 32.5 Å². The van der Waals surface area contributed by atoms with Crippen molar-refractivity contribution in [2.75, 3.05) is 19.6 Å². The number of aryl methyl sites for hydroxylation is 1. The minimum Gasteiger partial charge on any atom is -0.342 e. The summed E-state index contributed by atoms with van der Waals surface area (Å²) in [6.07, 6.45) is 2.04. The molecule has 0 unspecified atom stereocenters. The van der Waals surface area contributed by atoms with Crippen molar-refractivity contribution in [3.05, 3.63) is 42.1 Å². The fourth-order valence-electron chi connectivity index (χ4n) is 4.15. The lowest BCUT2D eigenvalue weighted by Crippen LogP contribution is -2.70. The van der Waals surface area contributed by atoms with Crippen molar-refractivity contribution in [1.82, 2.24) is 24.9 Å². The Morgan fingerprint density at radius 2 is 1.93 bits per heavy atom. The number of nitrogens with one attached hydrogen (secondary N) is 1. The van der Waals surface area contributed by atoms with Gasteiger partial charge in [-0.1, -0.05) is 44.2 Å². The van der Waals surface area contributed by atoms with Gasteiger partial charge in [0.2, 0.25) is 11.8 Å². The van der Waals surface area contributed by atoms with E-state index in [0.29, 0.717) is 19.6 Å². The quantitative estimate of drug-likeness (QED) is 0.866. The molecule has 7 nitrogen and oxygen atoms in total. The van der Waals surface area contributed by atoms with Crippen molar-refractivity contribution in [3.63, 3.8) is 0 Å². The lowest BCUT2D eigenvalue weighted by Gasteiger charge is -2.46. The molecule has 2 saturated heterocycles. The molecule has 4 rings (SSSR count). The predicted octanol–water partition coefficient (Wildman–Crippen LogP) is 1.25. The highest BCUT2D eigenvalue weighted by molar-refractivity contribution is 5.97. The summed E-state index contributed by atoms with van der Waals surface area (Å²) in [4.78, 5) is 29.4. The molecule has 1 N–H and O–H groups in total. The van der Waals surface area contributed by atoms with E-state index in [2.05, 4.69) is 27.4 Å². The molecule has 1 aromatic carbocycles. The largest absolute Gasteiger partial charge is 0.342 e. The maximum Gasteiger partial charge on any atom is 0.246 e. The third-order valence-electron chi connectivity index (χ3n) is 5.63. The van der Waals surface area contributed by atoms with Crippen molar-refractivity contribution in [2.24, 2.45) is 13.0 Å². The third-order valence-corrected chi connectivity index (χ3v) is 5.63. The van der Waals surface area contributed by atoms with Crippen LogP contribution < -0.4 is 5.32 Å². The molecule has 2 aliphatic heterocycles. The van der Waals surface area contributed by atoms with Crippen LogP contribution in [0.15, 0.2) is 36.5 Å². The maximum absolute atomic E-state index is 12.7. The van der Waals surface area contributed by atoms with E-state index in [0.717, 1.165) is 23.4 Å². The van der Waals surface area contributed by atoms with Crippen LogP contribution in [0, 0.1) is 5.92 Å². The summed E-state index contributed by atoms with van der Waals surface area (Å²) in [7, 11) is 1.92. The fourth-order valence-corrected chi connectivity index (χ4v) is 4.15. The second kappa shape index (κ2) is 7.39. The molecule has 148 valence electrons. The zero-order valence-electron chi connectivity index (χ0n) is 16.6. The Bertz CT molecular complexity index is 876. The van der Waals surface area contributed by atoms with Gasteiger partial charge in [-0.15, -0.1) is 0 Å². The number of rotatable bonds is 4. The van der Waals surface area contributed by atoms with Crippen molar-refractivity contribution < 1.29 is 9.59 Å². The molecule has 28 heavy (non-hydrogen) atoms. The van der Waals surface area contributed by atoms with Gasteiger partial charge in [-0.3, -0.25) is 19.2 Å². The molecular formula is C21H27N5O2. The van der Waals surface area contributed by atoms with Crippen LogP contribution in [0.3, 0.4) is 0 Å². The summed E-state index contributed by atoms with van der Waals surface area (Å²) in [6, 6.07) is 9.32. The van der Waals surface area contributed by atoms with Crippen LogP contribution in [0.2, 0.25) is 0 Å². The van der Waals surface area contributed by atoms with E-state index in [1.165, 1.54) is 0 Å². The van der Waals surface area contributed by atoms with Crippen LogP contribution in [0.1, 0.15) is 19.4 Å². The SMILES string of the molecule is CC(C)[C@@H]1NC(=O)[C@H]2CN(Cc3cn(C)nc3-c3ccccc3)CCN2C1=O. The zero-order chi connectivity index (χ0) is 19.8. The van der Waals surface area contributed by atoms with Crippen LogP contribution in [0.5, 0.6) is 0 Å². The highest BCUT2D eigenvalue weighted by Gasteiger charge is 2.44. The van der Waals surface area contributed by atoms with E-state index in [4.69, 9.17) is 0 Å². The Balaban J connectivity index is 1.51. The summed E-state index contributed by atoms with van der Waals surface area (Å²) in [5.74, 6) is 0.0994. The number of benzene rings is 1. The first-order valence-corrected chi connectivity index (χ1v) is 9.85. The number of amides is 2. The van der Waals surface area contributed by atoms with E-state index < -0.39 is 12.1 Å². The maximum atomic E-state index is 12.7. The summed E-state index contributed by atoms with van der Waals surface area (Å²) in [6.45, 7) is 6.52. The zero-order valence-corrected chi connectivity index (χ0v) is 16.6. The molecule has 7 heteroatoms. The molecule has 0 saturated carbocycles. The first kappa shape index (κ1) is 18.7. The van der Waals surface area contributed by atoms with Gasteiger partial charge in [-0.2, -0.15) is 5.10 Å². The molecule has 2 aliphatic rings. The molecule has 1 aromatic heterocycles. The molecule has 0 aliphatic carbocycles. The molecule has 2 aromatic rings. The third kappa shape index (κ3) is 3.42. The second-order valence-corrected chi connectivity index (χ2v) is 8.06. The average molecular weight is 381 g/mol. The number of nitrogens with zero attached hydrogens (tertiary/aromatic N) is 4. The number of aromatic nitrogens is 2. The summed E-state index contributed by atoms with van der Waals surface area (Å²) in [5.41, 5.74) is 3.18. The van der Waals surface area contributed by atoms with Crippen LogP contribution in [-0.4, -0.2) is 63.1 Å². The van der Waals surface area contributed by atoms with Crippen molar-refractivity contribution in [3.8, 4) is 11.3 Å². The van der Waals surface area contributed by atoms with Gasteiger partial charge in [0, 0.05) is 50.6 Å². The Hall–Kier alpha value is -2.67. The lowest BCUT2D eigenvalue weighted by atomic mass is 9.96. The molecule has 3 heterocycles. The predicted molar refractivity (Wildman–Crippen MR) is 106 cm³/mol. The van der Waals surface area contributed by atoms with E-state index in [1.54, 1.807) is 4.90 Å². The highest BCUT2D eigenvalue weighted by Crippen LogP contribution is 2.25. The minimum absolute atomic E-state index is 0.0440. The van der Waals surface area contributed by atoms with Crippen LogP contribution in [0.25, 0.3) is 11.3 Å². The van der Waals surface area contributed by atoms with E-state index in [-0.39, 0.29) is 17.7 Å². The van der Waals surface area contributed by atoms with Crippen LogP contribution >= 0.6 is 0 Å². The normalized spacial score (nSPS) is 23.1. The topological polar surface area (TPSA) is 70.5 Å². The van der Waals surface area contributed by atoms with Crippen LogP contribution in [0.4, 0.5) is 0 Å². The van der Waals surface area contributed by atoms with Crippen LogP contribution in [-0.2, 0) is 23.2 Å². The van der Waals surface area contributed by atoms with Gasteiger partial charge in [0.25, 0.3) is 0 Å². The van der Waals surface area contributed by atoms with Crippen molar-refractivity contribution >= 4 is 11.8 Å². The van der Waals surface area contributed by atoms with Gasteiger partial charge >= 0.3 is 0 Å². The number of carbonyl (C=O) groups is 2. The van der Waals surface area contributed by atoms with Gasteiger partial charge in [0.1, 0.15) is 12.1 Å². The number of hydrogen-bond acceptors (Lipinski definition) is 4. The molecule has 2 atom stereocenters. The highest BCUT2D eigenvalue weighted by atomic mass is 16.2. The van der Waals surface area contributed by atoms with Gasteiger partial charge in [0.05, 0.1) is 5.69 Å². The van der Waals surface area contributed by atoms with Gasteiger partial charge in [-0.25, -0.2) is 0 Å². The molecule has 0 bridgehead atoms. The summed E-state index contributed by atoms with van der Waals surface area (Å²) in [5, 5.41) is 7.55. The summed E-state index contributed by atoms with van der Waals surface area (Å²) >= 11 is 0. The minimum atomic E-state index is -0.409. The van der Waals surface area contributed by atoms with E-state index in [9.17, 15) is 9.59 Å². The monoisotopic (exact) mass is 381 g/mol. The fraction of sp³-hybridized carbons (Fsp3) is 0.476. The Kier molecular flexibility index (Phi) is 4.93. The van der Waals surface area contributed by atoms with Crippen molar-refractivity contribution in [1.29, 1.82) is 0 Å². The molecular weight excluding hydrogens is 354 g/mol. The smallest absolute Gasteiger partial charge is 0.246 e. The Morgan fingerprint density at radius 1 is 1.18 bits per heavy atom. The number of fused-ring (bicyclic) bond motifs is 1. The first-order valence-electron chi connectivity index (χ1n) is 9.85. The molecule has 2 fully saturated rings. The Morgan fingerprint density at radius 3 is 2.64 bits per heavy atom. The van der Waals surface area contributed by atoms with Gasteiger partial charge < -0.3 is 10.2 Å². The first-order chi connectivity index (χ1) is 13.4. The number of carbonyl (C=O) groups excluding carboxylic acids is 2. The van der Waals surface area contributed by atoms with E-state index in [1.807, 2.05) is 50.0 Å². The molecule has 0 radical (unpaired) electrons. The standard InChI is InChI=1S/C21H27N5O2/c1-14(2)18-21(28)26-10-9-25(13-17(26)20(27)22-18)12-16-11-24(3)23-19(16)15-7-5-4-6-8-15/h4-8,11,14,17-18H,9-10,12-13H2,1-3H3,(H,22,27)/t17-,18+/m1/s1. The lowest BCUT2D eigenvalue weighted by molar-refractivity contribution is -0.154.